The van der Waals surface area contributed by atoms with Gasteiger partial charge in [0.1, 0.15) is 5.78 Å². The van der Waals surface area contributed by atoms with Crippen molar-refractivity contribution in [2.45, 2.75) is 39.3 Å². The van der Waals surface area contributed by atoms with Crippen LogP contribution in [0.5, 0.6) is 0 Å². The van der Waals surface area contributed by atoms with Crippen molar-refractivity contribution in [2.24, 2.45) is 5.73 Å². The molecule has 1 unspecified atom stereocenters. The van der Waals surface area contributed by atoms with Crippen LogP contribution in [0, 0.1) is 0 Å². The monoisotopic (exact) mass is 159 g/mol. The van der Waals surface area contributed by atoms with Gasteiger partial charge in [0.05, 0.1) is 18.2 Å². The lowest BCUT2D eigenvalue weighted by atomic mass is 10.2. The van der Waals surface area contributed by atoms with Gasteiger partial charge in [-0.15, -0.1) is 0 Å². The average Bonchev–Trinajstić information content (AvgIpc) is 1.80. The summed E-state index contributed by atoms with van der Waals surface area (Å²) >= 11 is 0. The average molecular weight is 159 g/mol. The van der Waals surface area contributed by atoms with Crippen LogP contribution in [0.1, 0.15) is 27.7 Å². The fourth-order valence-electron chi connectivity index (χ4n) is 0.457. The predicted octanol–water partition coefficient (Wildman–Crippen LogP) is 0.718. The molecule has 3 nitrogen and oxygen atoms in total. The molecule has 66 valence electrons. The van der Waals surface area contributed by atoms with Gasteiger partial charge in [0.2, 0.25) is 0 Å². The highest BCUT2D eigenvalue weighted by Crippen LogP contribution is 2.06. The summed E-state index contributed by atoms with van der Waals surface area (Å²) in [5, 5.41) is 0. The molecule has 0 aromatic carbocycles. The highest BCUT2D eigenvalue weighted by Gasteiger charge is 2.14. The molecular weight excluding hydrogens is 142 g/mol. The maximum Gasteiger partial charge on any atom is 0.148 e. The molecule has 0 fully saturated rings. The molecule has 0 saturated carbocycles. The van der Waals surface area contributed by atoms with E-state index in [0.29, 0.717) is 6.61 Å². The highest BCUT2D eigenvalue weighted by atomic mass is 16.5. The second-order valence-corrected chi connectivity index (χ2v) is 3.64. The minimum absolute atomic E-state index is 0.0331. The van der Waals surface area contributed by atoms with Crippen LogP contribution in [0.4, 0.5) is 0 Å². The predicted molar refractivity (Wildman–Crippen MR) is 44.4 cm³/mol. The molecule has 1 atom stereocenters. The topological polar surface area (TPSA) is 52.3 Å². The summed E-state index contributed by atoms with van der Waals surface area (Å²) in [6.07, 6.45) is 0. The Labute approximate surface area is 67.9 Å². The van der Waals surface area contributed by atoms with E-state index in [-0.39, 0.29) is 11.4 Å². The van der Waals surface area contributed by atoms with Crippen molar-refractivity contribution in [1.82, 2.24) is 0 Å². The maximum absolute atomic E-state index is 10.7. The van der Waals surface area contributed by atoms with Gasteiger partial charge in [-0.2, -0.15) is 0 Å². The summed E-state index contributed by atoms with van der Waals surface area (Å²) in [4.78, 5) is 10.7. The first kappa shape index (κ1) is 10.6. The molecule has 0 aromatic rings. The number of rotatable bonds is 3. The molecule has 0 aliphatic carbocycles. The van der Waals surface area contributed by atoms with Crippen molar-refractivity contribution in [1.29, 1.82) is 0 Å². The van der Waals surface area contributed by atoms with E-state index in [1.54, 1.807) is 0 Å². The number of carbonyl (C=O) groups excluding carboxylic acids is 1. The lowest BCUT2D eigenvalue weighted by Crippen LogP contribution is -2.36. The van der Waals surface area contributed by atoms with E-state index in [4.69, 9.17) is 10.5 Å². The Balaban J connectivity index is 3.63. The van der Waals surface area contributed by atoms with Crippen LogP contribution in [-0.2, 0) is 9.53 Å². The van der Waals surface area contributed by atoms with Crippen LogP contribution in [0.25, 0.3) is 0 Å². The van der Waals surface area contributed by atoms with Crippen LogP contribution >= 0.6 is 0 Å². The summed E-state index contributed by atoms with van der Waals surface area (Å²) in [7, 11) is 0. The van der Waals surface area contributed by atoms with Gasteiger partial charge in [0.15, 0.2) is 0 Å². The molecule has 0 saturated heterocycles. The first-order valence-corrected chi connectivity index (χ1v) is 3.73. The zero-order valence-electron chi connectivity index (χ0n) is 7.68. The minimum atomic E-state index is -0.478. The van der Waals surface area contributed by atoms with E-state index in [1.165, 1.54) is 6.92 Å². The van der Waals surface area contributed by atoms with Gasteiger partial charge >= 0.3 is 0 Å². The second-order valence-electron chi connectivity index (χ2n) is 3.64. The van der Waals surface area contributed by atoms with Gasteiger partial charge in [-0.3, -0.25) is 4.79 Å². The van der Waals surface area contributed by atoms with E-state index in [0.717, 1.165) is 0 Å². The number of hydrogen-bond acceptors (Lipinski definition) is 3. The quantitative estimate of drug-likeness (QED) is 0.660. The summed E-state index contributed by atoms with van der Waals surface area (Å²) in [6.45, 7) is 7.56. The lowest BCUT2D eigenvalue weighted by Gasteiger charge is -2.21. The van der Waals surface area contributed by atoms with Gasteiger partial charge in [0.25, 0.3) is 0 Å². The molecule has 0 aromatic heterocycles. The second kappa shape index (κ2) is 3.83. The normalized spacial score (nSPS) is 14.6. The van der Waals surface area contributed by atoms with E-state index >= 15 is 0 Å². The fourth-order valence-corrected chi connectivity index (χ4v) is 0.457. The third-order valence-corrected chi connectivity index (χ3v) is 1.22. The van der Waals surface area contributed by atoms with Crippen LogP contribution in [0.15, 0.2) is 0 Å². The SMILES string of the molecule is CC(=O)C(N)COC(C)(C)C. The molecule has 0 spiro atoms. The van der Waals surface area contributed by atoms with Crippen molar-refractivity contribution in [3.8, 4) is 0 Å². The Morgan fingerprint density at radius 2 is 2.00 bits per heavy atom. The maximum atomic E-state index is 10.7. The number of carbonyl (C=O) groups is 1. The van der Waals surface area contributed by atoms with Gasteiger partial charge in [0, 0.05) is 0 Å². The summed E-state index contributed by atoms with van der Waals surface area (Å²) < 4.78 is 5.31. The molecular formula is C8H17NO2. The third kappa shape index (κ3) is 6.01. The van der Waals surface area contributed by atoms with Crippen LogP contribution in [0.3, 0.4) is 0 Å². The number of Topliss-reactive ketones (excluding diaryl/α,β-unsaturated/α-hetero) is 1. The van der Waals surface area contributed by atoms with Crippen molar-refractivity contribution in [3.05, 3.63) is 0 Å². The van der Waals surface area contributed by atoms with Crippen molar-refractivity contribution >= 4 is 5.78 Å². The van der Waals surface area contributed by atoms with Crippen LogP contribution in [-0.4, -0.2) is 24.0 Å². The largest absolute Gasteiger partial charge is 0.374 e. The smallest absolute Gasteiger partial charge is 0.148 e. The Hall–Kier alpha value is -0.410. The standard InChI is InChI=1S/C8H17NO2/c1-6(10)7(9)5-11-8(2,3)4/h7H,5,9H2,1-4H3. The molecule has 2 N–H and O–H groups in total. The van der Waals surface area contributed by atoms with Gasteiger partial charge < -0.3 is 10.5 Å². The van der Waals surface area contributed by atoms with Gasteiger partial charge in [-0.25, -0.2) is 0 Å². The fraction of sp³-hybridized carbons (Fsp3) is 0.875. The molecule has 0 aliphatic rings. The number of ether oxygens (including phenoxy) is 1. The highest BCUT2D eigenvalue weighted by molar-refractivity contribution is 5.81. The molecule has 0 aliphatic heterocycles. The first-order chi connectivity index (χ1) is 4.83. The van der Waals surface area contributed by atoms with E-state index in [9.17, 15) is 4.79 Å². The molecule has 11 heavy (non-hydrogen) atoms. The van der Waals surface area contributed by atoms with E-state index in [1.807, 2.05) is 20.8 Å². The van der Waals surface area contributed by atoms with E-state index < -0.39 is 6.04 Å². The molecule has 0 amide bonds. The zero-order valence-corrected chi connectivity index (χ0v) is 7.68. The zero-order chi connectivity index (χ0) is 9.07. The van der Waals surface area contributed by atoms with Crippen LogP contribution < -0.4 is 5.73 Å². The Bertz CT molecular complexity index is 138. The minimum Gasteiger partial charge on any atom is -0.374 e. The van der Waals surface area contributed by atoms with E-state index in [2.05, 4.69) is 0 Å². The Kier molecular flexibility index (Phi) is 3.69. The first-order valence-electron chi connectivity index (χ1n) is 3.73. The number of nitrogens with two attached hydrogens (primary N) is 1. The lowest BCUT2D eigenvalue weighted by molar-refractivity contribution is -0.120. The van der Waals surface area contributed by atoms with Crippen molar-refractivity contribution in [2.75, 3.05) is 6.61 Å². The Morgan fingerprint density at radius 3 is 2.27 bits per heavy atom. The van der Waals surface area contributed by atoms with Gasteiger partial charge in [-0.1, -0.05) is 0 Å². The molecule has 0 radical (unpaired) electrons. The summed E-state index contributed by atoms with van der Waals surface area (Å²) in [5.74, 6) is -0.0331. The van der Waals surface area contributed by atoms with Crippen LogP contribution in [0.2, 0.25) is 0 Å². The summed E-state index contributed by atoms with van der Waals surface area (Å²) in [6, 6.07) is -0.478. The van der Waals surface area contributed by atoms with Crippen molar-refractivity contribution in [3.63, 3.8) is 0 Å². The Morgan fingerprint density at radius 1 is 1.55 bits per heavy atom. The molecule has 0 rings (SSSR count). The molecule has 0 heterocycles. The molecule has 0 bridgehead atoms. The molecule has 3 heteroatoms. The third-order valence-electron chi connectivity index (χ3n) is 1.22. The summed E-state index contributed by atoms with van der Waals surface area (Å²) in [5.41, 5.74) is 5.23. The number of hydrogen-bond donors (Lipinski definition) is 1. The number of ketones is 1. The van der Waals surface area contributed by atoms with Crippen molar-refractivity contribution < 1.29 is 9.53 Å². The van der Waals surface area contributed by atoms with Gasteiger partial charge in [-0.05, 0) is 27.7 Å².